The molecule has 0 N–H and O–H groups in total. The van der Waals surface area contributed by atoms with Gasteiger partial charge in [0.05, 0.1) is 8.16 Å². The Kier molecular flexibility index (Phi) is 3.97. The van der Waals surface area contributed by atoms with E-state index in [1.165, 1.54) is 64.2 Å². The lowest BCUT2D eigenvalue weighted by Crippen LogP contribution is -2.41. The van der Waals surface area contributed by atoms with E-state index in [1.54, 1.807) is 0 Å². The van der Waals surface area contributed by atoms with Crippen molar-refractivity contribution in [1.29, 1.82) is 0 Å². The molecule has 2 saturated heterocycles. The van der Waals surface area contributed by atoms with E-state index in [0.717, 1.165) is 0 Å². The fraction of sp³-hybridized carbons (Fsp3) is 1.00. The Balaban J connectivity index is 1.59. The molecule has 0 atom stereocenters. The lowest BCUT2D eigenvalue weighted by molar-refractivity contribution is 0.492. The topological polar surface area (TPSA) is 0 Å². The molecule has 0 unspecified atom stereocenters. The minimum absolute atomic E-state index is 0.691. The molecule has 2 aliphatic heterocycles. The van der Waals surface area contributed by atoms with Crippen LogP contribution in [0.4, 0.5) is 0 Å². The van der Waals surface area contributed by atoms with Gasteiger partial charge in [0.1, 0.15) is 0 Å². The van der Waals surface area contributed by atoms with Gasteiger partial charge in [0.25, 0.3) is 0 Å². The zero-order valence-electron chi connectivity index (χ0n) is 12.7. The van der Waals surface area contributed by atoms with E-state index in [2.05, 4.69) is 57.9 Å². The monoisotopic (exact) mass is 378 g/mol. The SMILES string of the molecule is C[Si]12SC3(CCCCC3)S[Si]1(C)SC1(CCCCC1)S2. The summed E-state index contributed by atoms with van der Waals surface area (Å²) in [6.07, 6.45) is 15.2. The third-order valence-electron chi connectivity index (χ3n) is 5.58. The fourth-order valence-electron chi connectivity index (χ4n) is 4.46. The smallest absolute Gasteiger partial charge is 0.157 e. The molecule has 0 radical (unpaired) electrons. The van der Waals surface area contributed by atoms with Crippen molar-refractivity contribution in [2.24, 2.45) is 0 Å². The van der Waals surface area contributed by atoms with Crippen LogP contribution in [0.15, 0.2) is 0 Å². The highest BCUT2D eigenvalue weighted by molar-refractivity contribution is 8.93. The Morgan fingerprint density at radius 3 is 1.15 bits per heavy atom. The van der Waals surface area contributed by atoms with Crippen LogP contribution >= 0.6 is 44.8 Å². The van der Waals surface area contributed by atoms with Gasteiger partial charge in [0, 0.05) is 0 Å². The van der Waals surface area contributed by atoms with Crippen molar-refractivity contribution in [3.8, 4) is 0 Å². The van der Waals surface area contributed by atoms with E-state index in [-0.39, 0.29) is 0 Å². The molecule has 0 aromatic carbocycles. The summed E-state index contributed by atoms with van der Waals surface area (Å²) in [5, 5.41) is 0. The standard InChI is InChI=1S/C14H26S4Si2/c1-19-15-13(9-5-3-6-10-13)17-20(19,2)18-14(16-19)11-7-4-8-12-14/h3-12H2,1-2H3. The average Bonchev–Trinajstić information content (AvgIpc) is 2.69. The highest BCUT2D eigenvalue weighted by atomic mass is 32.7. The summed E-state index contributed by atoms with van der Waals surface area (Å²) in [4.78, 5) is 0. The van der Waals surface area contributed by atoms with Crippen molar-refractivity contribution < 1.29 is 0 Å². The molecule has 4 aliphatic rings. The Morgan fingerprint density at radius 2 is 0.850 bits per heavy atom. The summed E-state index contributed by atoms with van der Waals surface area (Å²) in [5.41, 5.74) is 0. The highest BCUT2D eigenvalue weighted by Crippen LogP contribution is 2.78. The fourth-order valence-corrected chi connectivity index (χ4v) is 66.6. The lowest BCUT2D eigenvalue weighted by atomic mass is 10.00. The van der Waals surface area contributed by atoms with Crippen molar-refractivity contribution in [3.63, 3.8) is 0 Å². The maximum Gasteiger partial charge on any atom is 0.189 e. The summed E-state index contributed by atoms with van der Waals surface area (Å²) in [6, 6.07) is 0. The molecule has 2 saturated carbocycles. The summed E-state index contributed by atoms with van der Waals surface area (Å²) in [7, 11) is 0. The molecule has 6 heteroatoms. The van der Waals surface area contributed by atoms with Gasteiger partial charge >= 0.3 is 0 Å². The number of rotatable bonds is 0. The minimum Gasteiger partial charge on any atom is -0.157 e. The number of hydrogen-bond donors (Lipinski definition) is 0. The van der Waals surface area contributed by atoms with E-state index in [1.807, 2.05) is 0 Å². The van der Waals surface area contributed by atoms with Crippen molar-refractivity contribution in [1.82, 2.24) is 0 Å². The molecule has 0 aromatic heterocycles. The number of hydrogen-bond acceptors (Lipinski definition) is 4. The zero-order chi connectivity index (χ0) is 13.9. The van der Waals surface area contributed by atoms with Gasteiger partial charge in [0.15, 0.2) is 11.8 Å². The third kappa shape index (κ3) is 2.34. The van der Waals surface area contributed by atoms with Crippen molar-refractivity contribution >= 4 is 56.6 Å². The second-order valence-corrected chi connectivity index (χ2v) is 39.6. The molecule has 0 amide bonds. The van der Waals surface area contributed by atoms with Crippen LogP contribution in [0.1, 0.15) is 64.2 Å². The lowest BCUT2D eigenvalue weighted by Gasteiger charge is -2.39. The van der Waals surface area contributed by atoms with Crippen LogP contribution in [0.5, 0.6) is 0 Å². The van der Waals surface area contributed by atoms with Crippen molar-refractivity contribution in [2.75, 3.05) is 0 Å². The highest BCUT2D eigenvalue weighted by Gasteiger charge is 2.72. The molecule has 2 aliphatic carbocycles. The minimum atomic E-state index is -1.10. The molecule has 2 spiro atoms. The van der Waals surface area contributed by atoms with E-state index in [4.69, 9.17) is 0 Å². The van der Waals surface area contributed by atoms with E-state index >= 15 is 0 Å². The molecular formula is C14H26S4Si2. The molecular weight excluding hydrogens is 353 g/mol. The van der Waals surface area contributed by atoms with Gasteiger partial charge < -0.3 is 0 Å². The van der Waals surface area contributed by atoms with E-state index in [0.29, 0.717) is 8.16 Å². The van der Waals surface area contributed by atoms with Gasteiger partial charge in [-0.25, -0.2) is 0 Å². The third-order valence-corrected chi connectivity index (χ3v) is 55.0. The predicted octanol–water partition coefficient (Wildman–Crippen LogP) is 6.49. The normalized spacial score (nSPS) is 45.9. The van der Waals surface area contributed by atoms with Gasteiger partial charge in [-0.15, -0.1) is 0 Å². The van der Waals surface area contributed by atoms with Gasteiger partial charge in [0.2, 0.25) is 0 Å². The van der Waals surface area contributed by atoms with Crippen LogP contribution in [0, 0.1) is 0 Å². The second kappa shape index (κ2) is 5.17. The van der Waals surface area contributed by atoms with Crippen molar-refractivity contribution in [2.45, 2.75) is 85.5 Å². The average molecular weight is 379 g/mol. The largest absolute Gasteiger partial charge is 0.189 e. The van der Waals surface area contributed by atoms with Gasteiger partial charge in [-0.1, -0.05) is 51.6 Å². The molecule has 2 heterocycles. The van der Waals surface area contributed by atoms with E-state index in [9.17, 15) is 0 Å². The van der Waals surface area contributed by atoms with Crippen LogP contribution in [0.2, 0.25) is 13.1 Å². The molecule has 4 fully saturated rings. The van der Waals surface area contributed by atoms with Crippen LogP contribution in [-0.4, -0.2) is 19.9 Å². The first-order valence-electron chi connectivity index (χ1n) is 8.30. The van der Waals surface area contributed by atoms with Crippen LogP contribution in [0.3, 0.4) is 0 Å². The Morgan fingerprint density at radius 1 is 0.550 bits per heavy atom. The quantitative estimate of drug-likeness (QED) is 0.441. The van der Waals surface area contributed by atoms with Gasteiger partial charge in [-0.05, 0) is 25.7 Å². The Labute approximate surface area is 141 Å². The number of fused-ring (bicyclic) bond motifs is 1. The maximum absolute atomic E-state index is 2.78. The first-order chi connectivity index (χ1) is 9.49. The van der Waals surface area contributed by atoms with E-state index < -0.39 is 11.8 Å². The van der Waals surface area contributed by atoms with Crippen LogP contribution in [-0.2, 0) is 0 Å². The molecule has 114 valence electrons. The first kappa shape index (κ1) is 15.4. The molecule has 0 aromatic rings. The molecule has 0 nitrogen and oxygen atoms in total. The zero-order valence-corrected chi connectivity index (χ0v) is 18.0. The second-order valence-electron chi connectivity index (χ2n) is 7.24. The van der Waals surface area contributed by atoms with Gasteiger partial charge in [-0.2, -0.15) is 44.8 Å². The van der Waals surface area contributed by atoms with Crippen LogP contribution < -0.4 is 0 Å². The first-order valence-corrected chi connectivity index (χ1v) is 20.5. The summed E-state index contributed by atoms with van der Waals surface area (Å²) in [6.45, 7) is 5.56. The summed E-state index contributed by atoms with van der Waals surface area (Å²) < 4.78 is 1.38. The summed E-state index contributed by atoms with van der Waals surface area (Å²) >= 11 is 10.3. The Bertz CT molecular complexity index is 348. The van der Waals surface area contributed by atoms with Crippen molar-refractivity contribution in [3.05, 3.63) is 0 Å². The Hall–Kier alpha value is 1.83. The van der Waals surface area contributed by atoms with Crippen LogP contribution in [0.25, 0.3) is 0 Å². The maximum atomic E-state index is 2.78. The summed E-state index contributed by atoms with van der Waals surface area (Å²) in [5.74, 6) is -2.20. The van der Waals surface area contributed by atoms with Gasteiger partial charge in [-0.3, -0.25) is 0 Å². The molecule has 0 bridgehead atoms. The predicted molar refractivity (Wildman–Crippen MR) is 105 cm³/mol. The molecule has 20 heavy (non-hydrogen) atoms. The molecule has 4 rings (SSSR count).